The predicted molar refractivity (Wildman–Crippen MR) is 211 cm³/mol. The molecule has 0 spiro atoms. The molecular weight excluding hydrogens is 700 g/mol. The Morgan fingerprint density at radius 3 is 2.46 bits per heavy atom. The number of aryl methyl sites for hydroxylation is 1. The smallest absolute Gasteiger partial charge is 0.306 e. The van der Waals surface area contributed by atoms with Crippen molar-refractivity contribution in [2.75, 3.05) is 20.6 Å². The fraction of sp³-hybridized carbons (Fsp3) is 0.295. The third kappa shape index (κ3) is 8.92. The summed E-state index contributed by atoms with van der Waals surface area (Å²) >= 11 is 6.77. The van der Waals surface area contributed by atoms with Crippen LogP contribution in [0.3, 0.4) is 0 Å². The predicted octanol–water partition coefficient (Wildman–Crippen LogP) is 8.19. The number of benzene rings is 4. The number of nitrogens with one attached hydrogen (secondary N) is 1. The second-order valence-electron chi connectivity index (χ2n) is 14.0. The number of aliphatic hydroxyl groups excluding tert-OH is 1. The monoisotopic (exact) mass is 744 g/mol. The molecule has 9 nitrogen and oxygen atoms in total. The van der Waals surface area contributed by atoms with Gasteiger partial charge >= 0.3 is 5.97 Å². The maximum atomic E-state index is 11.0. The first-order valence-corrected chi connectivity index (χ1v) is 18.4. The number of nitriles is 1. The van der Waals surface area contributed by atoms with Crippen molar-refractivity contribution in [2.45, 2.75) is 65.0 Å². The molecule has 4 aromatic carbocycles. The lowest BCUT2D eigenvalue weighted by Gasteiger charge is -2.20. The lowest BCUT2D eigenvalue weighted by atomic mass is 9.89. The number of hydrogen-bond donors (Lipinski definition) is 3. The fourth-order valence-corrected chi connectivity index (χ4v) is 7.46. The standard InChI is InChI=1S/C44H45ClN4O5/c1-27-33(7-5-9-37(27)38-10-6-8-36(28(38)2)31-11-13-39-32(16-31)12-14-41(39)49(3)4)26-54-43-19-42(53-25-30-15-29(20-46)21-47-22-30)34(17-40(43)45)23-48-24-35(50)18-44(51)52/h5-11,13,15-17,19,21-22,35,41,48,50H,12,14,18,23-26H2,1-4H3,(H,51,52). The Labute approximate surface area is 321 Å². The zero-order chi connectivity index (χ0) is 38.4. The Hall–Kier alpha value is -5.24. The molecule has 2 unspecified atom stereocenters. The van der Waals surface area contributed by atoms with Crippen molar-refractivity contribution < 1.29 is 24.5 Å². The van der Waals surface area contributed by atoms with Gasteiger partial charge in [0, 0.05) is 48.7 Å². The van der Waals surface area contributed by atoms with Gasteiger partial charge in [-0.05, 0) is 103 Å². The van der Waals surface area contributed by atoms with Gasteiger partial charge in [-0.25, -0.2) is 0 Å². The second-order valence-corrected chi connectivity index (χ2v) is 14.5. The summed E-state index contributed by atoms with van der Waals surface area (Å²) in [5.74, 6) is -0.163. The topological polar surface area (TPSA) is 128 Å². The largest absolute Gasteiger partial charge is 0.488 e. The van der Waals surface area contributed by atoms with Crippen LogP contribution in [-0.2, 0) is 31.0 Å². The average Bonchev–Trinajstić information content (AvgIpc) is 3.58. The Kier molecular flexibility index (Phi) is 12.3. The van der Waals surface area contributed by atoms with Gasteiger partial charge in [-0.3, -0.25) is 9.78 Å². The number of aliphatic hydroxyl groups is 1. The minimum Gasteiger partial charge on any atom is -0.488 e. The van der Waals surface area contributed by atoms with E-state index in [1.165, 1.54) is 39.6 Å². The second kappa shape index (κ2) is 17.3. The van der Waals surface area contributed by atoms with Gasteiger partial charge in [-0.2, -0.15) is 5.26 Å². The highest BCUT2D eigenvalue weighted by Gasteiger charge is 2.25. The molecule has 2 atom stereocenters. The van der Waals surface area contributed by atoms with Gasteiger partial charge in [0.15, 0.2) is 0 Å². The molecule has 10 heteroatoms. The summed E-state index contributed by atoms with van der Waals surface area (Å²) in [6.07, 6.45) is 3.94. The van der Waals surface area contributed by atoms with E-state index >= 15 is 0 Å². The summed E-state index contributed by atoms with van der Waals surface area (Å²) in [6.45, 7) is 5.04. The van der Waals surface area contributed by atoms with Crippen molar-refractivity contribution in [3.8, 4) is 39.8 Å². The van der Waals surface area contributed by atoms with E-state index in [-0.39, 0.29) is 32.7 Å². The van der Waals surface area contributed by atoms with Gasteiger partial charge in [-0.15, -0.1) is 0 Å². The Bertz CT molecular complexity index is 2200. The highest BCUT2D eigenvalue weighted by atomic mass is 35.5. The first kappa shape index (κ1) is 38.5. The highest BCUT2D eigenvalue weighted by Crippen LogP contribution is 2.40. The Balaban J connectivity index is 1.22. The van der Waals surface area contributed by atoms with E-state index in [1.54, 1.807) is 24.4 Å². The van der Waals surface area contributed by atoms with Crippen molar-refractivity contribution in [1.82, 2.24) is 15.2 Å². The van der Waals surface area contributed by atoms with E-state index in [2.05, 4.69) is 104 Å². The van der Waals surface area contributed by atoms with Crippen molar-refractivity contribution >= 4 is 17.6 Å². The molecule has 3 N–H and O–H groups in total. The molecule has 5 aromatic rings. The lowest BCUT2D eigenvalue weighted by molar-refractivity contribution is -0.139. The Morgan fingerprint density at radius 1 is 0.963 bits per heavy atom. The van der Waals surface area contributed by atoms with E-state index < -0.39 is 12.1 Å². The zero-order valence-corrected chi connectivity index (χ0v) is 31.8. The number of aromatic nitrogens is 1. The van der Waals surface area contributed by atoms with Crippen molar-refractivity contribution in [3.05, 3.63) is 135 Å². The van der Waals surface area contributed by atoms with Crippen LogP contribution in [0.1, 0.15) is 63.4 Å². The SMILES string of the molecule is Cc1c(COc2cc(OCc3cncc(C#N)c3)c(CNCC(O)CC(=O)O)cc2Cl)cccc1-c1cccc(-c2ccc3c(c2)CCC3N(C)C)c1C. The number of rotatable bonds is 15. The summed E-state index contributed by atoms with van der Waals surface area (Å²) < 4.78 is 12.6. The van der Waals surface area contributed by atoms with Crippen LogP contribution in [0.25, 0.3) is 22.3 Å². The number of carbonyl (C=O) groups is 1. The molecule has 0 amide bonds. The first-order valence-electron chi connectivity index (χ1n) is 18.0. The Morgan fingerprint density at radius 2 is 1.70 bits per heavy atom. The number of ether oxygens (including phenoxy) is 2. The quantitative estimate of drug-likeness (QED) is 0.0972. The number of fused-ring (bicyclic) bond motifs is 1. The molecule has 1 aliphatic rings. The molecule has 0 fully saturated rings. The molecule has 0 saturated carbocycles. The number of pyridine rings is 1. The van der Waals surface area contributed by atoms with E-state index in [1.807, 2.05) is 0 Å². The summed E-state index contributed by atoms with van der Waals surface area (Å²) in [4.78, 5) is 17.4. The molecule has 6 rings (SSSR count). The van der Waals surface area contributed by atoms with Crippen LogP contribution < -0.4 is 14.8 Å². The van der Waals surface area contributed by atoms with Gasteiger partial charge in [0.25, 0.3) is 0 Å². The molecule has 1 aromatic heterocycles. The van der Waals surface area contributed by atoms with Crippen molar-refractivity contribution in [1.29, 1.82) is 5.26 Å². The summed E-state index contributed by atoms with van der Waals surface area (Å²) in [5, 5.41) is 31.8. The number of hydrogen-bond acceptors (Lipinski definition) is 8. The lowest BCUT2D eigenvalue weighted by Crippen LogP contribution is -2.28. The molecule has 0 saturated heterocycles. The molecule has 1 heterocycles. The van der Waals surface area contributed by atoms with Gasteiger partial charge in [0.2, 0.25) is 0 Å². The summed E-state index contributed by atoms with van der Waals surface area (Å²) in [6, 6.07) is 27.5. The van der Waals surface area contributed by atoms with Gasteiger partial charge in [0.1, 0.15) is 30.8 Å². The maximum Gasteiger partial charge on any atom is 0.306 e. The average molecular weight is 745 g/mol. The van der Waals surface area contributed by atoms with Gasteiger partial charge in [0.05, 0.1) is 23.1 Å². The molecule has 54 heavy (non-hydrogen) atoms. The number of halogens is 1. The molecule has 278 valence electrons. The fourth-order valence-electron chi connectivity index (χ4n) is 7.22. The van der Waals surface area contributed by atoms with E-state index in [4.69, 9.17) is 26.2 Å². The van der Waals surface area contributed by atoms with Crippen LogP contribution in [0.15, 0.2) is 85.2 Å². The molecule has 0 radical (unpaired) electrons. The minimum atomic E-state index is -1.08. The highest BCUT2D eigenvalue weighted by molar-refractivity contribution is 6.32. The van der Waals surface area contributed by atoms with Crippen LogP contribution >= 0.6 is 11.6 Å². The number of nitrogens with zero attached hydrogens (tertiary/aromatic N) is 3. The first-order chi connectivity index (χ1) is 26.0. The number of carboxylic acids is 1. The molecule has 0 aliphatic heterocycles. The normalized spacial score (nSPS) is 14.1. The molecule has 0 bridgehead atoms. The van der Waals surface area contributed by atoms with E-state index in [0.29, 0.717) is 39.3 Å². The van der Waals surface area contributed by atoms with Crippen LogP contribution in [0.2, 0.25) is 5.02 Å². The van der Waals surface area contributed by atoms with Crippen LogP contribution in [0, 0.1) is 25.2 Å². The van der Waals surface area contributed by atoms with Crippen LogP contribution in [0.4, 0.5) is 0 Å². The zero-order valence-electron chi connectivity index (χ0n) is 31.0. The van der Waals surface area contributed by atoms with Crippen LogP contribution in [0.5, 0.6) is 11.5 Å². The van der Waals surface area contributed by atoms with Crippen LogP contribution in [-0.4, -0.2) is 52.8 Å². The minimum absolute atomic E-state index is 0.0677. The third-order valence-electron chi connectivity index (χ3n) is 10.1. The maximum absolute atomic E-state index is 11.0. The number of carboxylic acid groups (broad SMARTS) is 1. The third-order valence-corrected chi connectivity index (χ3v) is 10.4. The van der Waals surface area contributed by atoms with E-state index in [9.17, 15) is 15.2 Å². The number of aliphatic carboxylic acids is 1. The molecular formula is C44H45ClN4O5. The summed E-state index contributed by atoms with van der Waals surface area (Å²) in [7, 11) is 4.31. The van der Waals surface area contributed by atoms with Gasteiger partial charge < -0.3 is 29.9 Å². The summed E-state index contributed by atoms with van der Waals surface area (Å²) in [5.41, 5.74) is 12.8. The van der Waals surface area contributed by atoms with Crippen molar-refractivity contribution in [3.63, 3.8) is 0 Å². The van der Waals surface area contributed by atoms with Gasteiger partial charge in [-0.1, -0.05) is 66.2 Å². The van der Waals surface area contributed by atoms with Crippen molar-refractivity contribution in [2.24, 2.45) is 0 Å². The molecule has 1 aliphatic carbocycles. The van der Waals surface area contributed by atoms with E-state index in [0.717, 1.165) is 29.5 Å².